The molecule has 0 aliphatic heterocycles. The Morgan fingerprint density at radius 2 is 1.61 bits per heavy atom. The molecule has 0 N–H and O–H groups in total. The van der Waals surface area contributed by atoms with Gasteiger partial charge in [0.25, 0.3) is 0 Å². The van der Waals surface area contributed by atoms with Gasteiger partial charge >= 0.3 is 0 Å². The van der Waals surface area contributed by atoms with Crippen molar-refractivity contribution >= 4 is 6.08 Å². The van der Waals surface area contributed by atoms with Crippen molar-refractivity contribution in [1.29, 1.82) is 0 Å². The first-order chi connectivity index (χ1) is 8.80. The number of hydrogen-bond donors (Lipinski definition) is 0. The predicted octanol–water partition coefficient (Wildman–Crippen LogP) is 4.69. The van der Waals surface area contributed by atoms with Crippen LogP contribution in [0, 0.1) is 0 Å². The highest BCUT2D eigenvalue weighted by Crippen LogP contribution is 2.23. The highest BCUT2D eigenvalue weighted by Gasteiger charge is 1.98. The fourth-order valence-electron chi connectivity index (χ4n) is 1.83. The molecule has 0 fully saturated rings. The van der Waals surface area contributed by atoms with Gasteiger partial charge in [-0.2, -0.15) is 0 Å². The van der Waals surface area contributed by atoms with Crippen LogP contribution < -0.4 is 9.47 Å². The van der Waals surface area contributed by atoms with E-state index < -0.39 is 0 Å². The second kappa shape index (κ2) is 8.62. The minimum atomic E-state index is 0.833. The molecule has 18 heavy (non-hydrogen) atoms. The Bertz CT molecular complexity index is 347. The molecule has 0 aliphatic carbocycles. The molecule has 0 atom stereocenters. The van der Waals surface area contributed by atoms with Crippen molar-refractivity contribution in [2.75, 3.05) is 14.2 Å². The van der Waals surface area contributed by atoms with Gasteiger partial charge in [-0.1, -0.05) is 38.3 Å². The molecule has 0 saturated carbocycles. The second-order valence-corrected chi connectivity index (χ2v) is 4.40. The molecule has 2 heteroatoms. The minimum Gasteiger partial charge on any atom is -0.497 e. The molecule has 0 amide bonds. The van der Waals surface area contributed by atoms with E-state index in [4.69, 9.17) is 9.47 Å². The normalized spacial score (nSPS) is 10.8. The first-order valence-corrected chi connectivity index (χ1v) is 6.69. The maximum atomic E-state index is 5.24. The van der Waals surface area contributed by atoms with Crippen LogP contribution in [0.2, 0.25) is 0 Å². The van der Waals surface area contributed by atoms with Crippen LogP contribution in [0.5, 0.6) is 11.5 Å². The van der Waals surface area contributed by atoms with E-state index in [0.717, 1.165) is 23.5 Å². The topological polar surface area (TPSA) is 18.5 Å². The van der Waals surface area contributed by atoms with E-state index in [0.29, 0.717) is 0 Å². The van der Waals surface area contributed by atoms with Gasteiger partial charge in [-0.05, 0) is 30.5 Å². The van der Waals surface area contributed by atoms with Crippen molar-refractivity contribution < 1.29 is 9.47 Å². The molecule has 2 nitrogen and oxygen atoms in total. The Balaban J connectivity index is 2.52. The van der Waals surface area contributed by atoms with Crippen LogP contribution in [-0.2, 0) is 0 Å². The van der Waals surface area contributed by atoms with Gasteiger partial charge in [0.15, 0.2) is 0 Å². The lowest BCUT2D eigenvalue weighted by molar-refractivity contribution is 0.394. The summed E-state index contributed by atoms with van der Waals surface area (Å²) in [6, 6.07) is 5.93. The fraction of sp³-hybridized carbons (Fsp3) is 0.500. The molecule has 0 saturated heterocycles. The number of benzene rings is 1. The summed E-state index contributed by atoms with van der Waals surface area (Å²) in [6.45, 7) is 2.23. The van der Waals surface area contributed by atoms with Crippen molar-refractivity contribution in [1.82, 2.24) is 0 Å². The number of ether oxygens (including phenoxy) is 2. The molecule has 0 radical (unpaired) electrons. The van der Waals surface area contributed by atoms with Gasteiger partial charge in [0.1, 0.15) is 11.5 Å². The third kappa shape index (κ3) is 5.26. The lowest BCUT2D eigenvalue weighted by Crippen LogP contribution is -1.88. The highest BCUT2D eigenvalue weighted by atomic mass is 16.5. The Morgan fingerprint density at radius 1 is 0.944 bits per heavy atom. The van der Waals surface area contributed by atoms with Gasteiger partial charge in [0.2, 0.25) is 0 Å². The number of rotatable bonds is 8. The molecule has 1 aromatic carbocycles. The van der Waals surface area contributed by atoms with Crippen molar-refractivity contribution in [2.24, 2.45) is 0 Å². The van der Waals surface area contributed by atoms with E-state index in [2.05, 4.69) is 19.1 Å². The minimum absolute atomic E-state index is 0.833. The number of allylic oxidation sites excluding steroid dienone is 1. The van der Waals surface area contributed by atoms with E-state index in [-0.39, 0.29) is 0 Å². The Morgan fingerprint density at radius 3 is 2.17 bits per heavy atom. The van der Waals surface area contributed by atoms with Gasteiger partial charge in [0.05, 0.1) is 14.2 Å². The molecular weight excluding hydrogens is 224 g/mol. The average Bonchev–Trinajstić information content (AvgIpc) is 2.42. The summed E-state index contributed by atoms with van der Waals surface area (Å²) in [5.41, 5.74) is 1.13. The van der Waals surface area contributed by atoms with Crippen molar-refractivity contribution in [3.05, 3.63) is 29.8 Å². The summed E-state index contributed by atoms with van der Waals surface area (Å²) in [4.78, 5) is 0. The second-order valence-electron chi connectivity index (χ2n) is 4.40. The average molecular weight is 248 g/mol. The summed E-state index contributed by atoms with van der Waals surface area (Å²) in [7, 11) is 3.35. The smallest absolute Gasteiger partial charge is 0.123 e. The molecular formula is C16H24O2. The van der Waals surface area contributed by atoms with Gasteiger partial charge in [-0.25, -0.2) is 0 Å². The van der Waals surface area contributed by atoms with Crippen LogP contribution in [-0.4, -0.2) is 14.2 Å². The SMILES string of the molecule is CCCCCC/C=C/c1cc(OC)cc(OC)c1. The molecule has 100 valence electrons. The first kappa shape index (κ1) is 14.6. The fourth-order valence-corrected chi connectivity index (χ4v) is 1.83. The van der Waals surface area contributed by atoms with Crippen LogP contribution in [0.3, 0.4) is 0 Å². The zero-order valence-corrected chi connectivity index (χ0v) is 11.7. The molecule has 1 aromatic rings. The monoisotopic (exact) mass is 248 g/mol. The van der Waals surface area contributed by atoms with Gasteiger partial charge in [-0.15, -0.1) is 0 Å². The molecule has 0 spiro atoms. The molecule has 0 aromatic heterocycles. The summed E-state index contributed by atoms with van der Waals surface area (Å²) >= 11 is 0. The maximum Gasteiger partial charge on any atom is 0.123 e. The molecule has 0 heterocycles. The lowest BCUT2D eigenvalue weighted by Gasteiger charge is -2.05. The molecule has 1 rings (SSSR count). The van der Waals surface area contributed by atoms with Crippen LogP contribution in [0.1, 0.15) is 44.6 Å². The predicted molar refractivity (Wildman–Crippen MR) is 77.3 cm³/mol. The lowest BCUT2D eigenvalue weighted by atomic mass is 10.1. The number of methoxy groups -OCH3 is 2. The zero-order valence-electron chi connectivity index (χ0n) is 11.7. The van der Waals surface area contributed by atoms with E-state index >= 15 is 0 Å². The molecule has 0 unspecified atom stereocenters. The van der Waals surface area contributed by atoms with Crippen LogP contribution in [0.4, 0.5) is 0 Å². The van der Waals surface area contributed by atoms with Crippen LogP contribution >= 0.6 is 0 Å². The van der Waals surface area contributed by atoms with Gasteiger partial charge < -0.3 is 9.47 Å². The van der Waals surface area contributed by atoms with Crippen molar-refractivity contribution in [2.45, 2.75) is 39.0 Å². The van der Waals surface area contributed by atoms with Crippen LogP contribution in [0.15, 0.2) is 24.3 Å². The van der Waals surface area contributed by atoms with E-state index in [1.807, 2.05) is 18.2 Å². The number of hydrogen-bond acceptors (Lipinski definition) is 2. The Hall–Kier alpha value is -1.44. The Kier molecular flexibility index (Phi) is 7.00. The summed E-state index contributed by atoms with van der Waals surface area (Å²) in [5, 5.41) is 0. The summed E-state index contributed by atoms with van der Waals surface area (Å²) in [6.07, 6.45) is 10.7. The van der Waals surface area contributed by atoms with Gasteiger partial charge in [-0.3, -0.25) is 0 Å². The standard InChI is InChI=1S/C16H24O2/c1-4-5-6-7-8-9-10-14-11-15(17-2)13-16(12-14)18-3/h9-13H,4-8H2,1-3H3/b10-9+. The third-order valence-electron chi connectivity index (χ3n) is 2.91. The highest BCUT2D eigenvalue weighted by molar-refractivity contribution is 5.55. The van der Waals surface area contributed by atoms with E-state index in [9.17, 15) is 0 Å². The van der Waals surface area contributed by atoms with Crippen LogP contribution in [0.25, 0.3) is 6.08 Å². The maximum absolute atomic E-state index is 5.24. The van der Waals surface area contributed by atoms with E-state index in [1.54, 1.807) is 14.2 Å². The molecule has 0 bridgehead atoms. The summed E-state index contributed by atoms with van der Waals surface area (Å²) < 4.78 is 10.5. The van der Waals surface area contributed by atoms with Crippen molar-refractivity contribution in [3.63, 3.8) is 0 Å². The zero-order chi connectivity index (χ0) is 13.2. The van der Waals surface area contributed by atoms with Crippen molar-refractivity contribution in [3.8, 4) is 11.5 Å². The van der Waals surface area contributed by atoms with E-state index in [1.165, 1.54) is 25.7 Å². The summed E-state index contributed by atoms with van der Waals surface area (Å²) in [5.74, 6) is 1.67. The quantitative estimate of drug-likeness (QED) is 0.621. The van der Waals surface area contributed by atoms with Gasteiger partial charge in [0, 0.05) is 6.07 Å². The first-order valence-electron chi connectivity index (χ1n) is 6.69. The third-order valence-corrected chi connectivity index (χ3v) is 2.91. The Labute approximate surface area is 111 Å². The number of unbranched alkanes of at least 4 members (excludes halogenated alkanes) is 4. The largest absolute Gasteiger partial charge is 0.497 e. The molecule has 0 aliphatic rings.